The third-order valence-electron chi connectivity index (χ3n) is 3.84. The first-order valence-electron chi connectivity index (χ1n) is 7.21. The number of nitrogens with one attached hydrogen (secondary N) is 1. The van der Waals surface area contributed by atoms with E-state index in [1.807, 2.05) is 0 Å². The summed E-state index contributed by atoms with van der Waals surface area (Å²) in [4.78, 5) is 4.10. The molecule has 1 aliphatic heterocycles. The molecule has 1 aliphatic rings. The van der Waals surface area contributed by atoms with Crippen molar-refractivity contribution in [3.63, 3.8) is 0 Å². The number of halogens is 3. The zero-order valence-electron chi connectivity index (χ0n) is 12.2. The van der Waals surface area contributed by atoms with Gasteiger partial charge in [-0.15, -0.1) is 0 Å². The first-order chi connectivity index (χ1) is 11.6. The van der Waals surface area contributed by atoms with E-state index in [0.717, 1.165) is 11.6 Å². The van der Waals surface area contributed by atoms with E-state index >= 15 is 0 Å². The van der Waals surface area contributed by atoms with Gasteiger partial charge in [0.05, 0.1) is 0 Å². The molecule has 0 saturated heterocycles. The van der Waals surface area contributed by atoms with E-state index < -0.39 is 11.6 Å². The van der Waals surface area contributed by atoms with Crippen molar-refractivity contribution >= 4 is 11.6 Å². The van der Waals surface area contributed by atoms with E-state index in [1.54, 1.807) is 22.9 Å². The van der Waals surface area contributed by atoms with Crippen LogP contribution in [0.5, 0.6) is 0 Å². The largest absolute Gasteiger partial charge is 0.324 e. The standard InChI is InChI=1S/C17H11F3N4/c18-11-3-1-10(2-4-11)16-8-15(23-17-21-9-22-24(16)17)13-6-5-12(19)7-14(13)20/h1-9,16H,(H,21,22,23)/t16-/m1/s1. The maximum atomic E-state index is 14.1. The molecule has 0 spiro atoms. The predicted molar refractivity (Wildman–Crippen MR) is 82.5 cm³/mol. The van der Waals surface area contributed by atoms with Crippen LogP contribution in [0.25, 0.3) is 5.70 Å². The zero-order valence-corrected chi connectivity index (χ0v) is 12.2. The van der Waals surface area contributed by atoms with Crippen LogP contribution in [-0.2, 0) is 0 Å². The van der Waals surface area contributed by atoms with Gasteiger partial charge in [-0.1, -0.05) is 12.1 Å². The van der Waals surface area contributed by atoms with Crippen molar-refractivity contribution in [1.29, 1.82) is 0 Å². The van der Waals surface area contributed by atoms with E-state index in [1.165, 1.54) is 30.6 Å². The number of allylic oxidation sites excluding steroid dienone is 1. The molecule has 24 heavy (non-hydrogen) atoms. The molecule has 0 unspecified atom stereocenters. The summed E-state index contributed by atoms with van der Waals surface area (Å²) in [6.45, 7) is 0. The summed E-state index contributed by atoms with van der Waals surface area (Å²) in [5.74, 6) is -1.25. The number of fused-ring (bicyclic) bond motifs is 1. The summed E-state index contributed by atoms with van der Waals surface area (Å²) in [6, 6.07) is 8.94. The number of hydrogen-bond donors (Lipinski definition) is 1. The van der Waals surface area contributed by atoms with E-state index in [2.05, 4.69) is 15.4 Å². The highest BCUT2D eigenvalue weighted by molar-refractivity contribution is 5.77. The minimum atomic E-state index is -0.681. The topological polar surface area (TPSA) is 42.7 Å². The van der Waals surface area contributed by atoms with Gasteiger partial charge in [0.15, 0.2) is 0 Å². The van der Waals surface area contributed by atoms with Crippen LogP contribution in [0.2, 0.25) is 0 Å². The third kappa shape index (κ3) is 2.44. The van der Waals surface area contributed by atoms with Crippen molar-refractivity contribution in [3.05, 3.63) is 83.4 Å². The first kappa shape index (κ1) is 14.5. The predicted octanol–water partition coefficient (Wildman–Crippen LogP) is 3.75. The lowest BCUT2D eigenvalue weighted by Crippen LogP contribution is -2.20. The average Bonchev–Trinajstić information content (AvgIpc) is 3.03. The number of anilines is 1. The molecule has 7 heteroatoms. The lowest BCUT2D eigenvalue weighted by molar-refractivity contribution is 0.579. The smallest absolute Gasteiger partial charge is 0.226 e. The van der Waals surface area contributed by atoms with Crippen LogP contribution in [-0.4, -0.2) is 14.8 Å². The molecule has 3 aromatic rings. The Morgan fingerprint density at radius 3 is 2.46 bits per heavy atom. The molecule has 4 rings (SSSR count). The molecule has 0 radical (unpaired) electrons. The fraction of sp³-hybridized carbons (Fsp3) is 0.0588. The van der Waals surface area contributed by atoms with Crippen LogP contribution in [0.1, 0.15) is 17.2 Å². The Kier molecular flexibility index (Phi) is 3.34. The lowest BCUT2D eigenvalue weighted by atomic mass is 10.0. The summed E-state index contributed by atoms with van der Waals surface area (Å²) in [5.41, 5.74) is 1.43. The van der Waals surface area contributed by atoms with Crippen LogP contribution in [0, 0.1) is 17.5 Å². The van der Waals surface area contributed by atoms with Crippen LogP contribution in [0.3, 0.4) is 0 Å². The molecule has 0 aliphatic carbocycles. The van der Waals surface area contributed by atoms with E-state index in [-0.39, 0.29) is 17.4 Å². The van der Waals surface area contributed by atoms with Gasteiger partial charge >= 0.3 is 0 Å². The zero-order chi connectivity index (χ0) is 16.7. The fourth-order valence-electron chi connectivity index (χ4n) is 2.70. The van der Waals surface area contributed by atoms with Gasteiger partial charge in [0.1, 0.15) is 29.8 Å². The summed E-state index contributed by atoms with van der Waals surface area (Å²) < 4.78 is 42.0. The highest BCUT2D eigenvalue weighted by atomic mass is 19.1. The maximum absolute atomic E-state index is 14.1. The summed E-state index contributed by atoms with van der Waals surface area (Å²) >= 11 is 0. The van der Waals surface area contributed by atoms with E-state index in [9.17, 15) is 13.2 Å². The van der Waals surface area contributed by atoms with Gasteiger partial charge in [0.25, 0.3) is 0 Å². The number of benzene rings is 2. The third-order valence-corrected chi connectivity index (χ3v) is 3.84. The molecule has 4 nitrogen and oxygen atoms in total. The molecule has 2 aromatic carbocycles. The number of rotatable bonds is 2. The molecule has 1 atom stereocenters. The van der Waals surface area contributed by atoms with Gasteiger partial charge < -0.3 is 5.32 Å². The van der Waals surface area contributed by atoms with Crippen LogP contribution >= 0.6 is 0 Å². The second kappa shape index (κ2) is 5.52. The summed E-state index contributed by atoms with van der Waals surface area (Å²) in [5, 5.41) is 7.13. The lowest BCUT2D eigenvalue weighted by Gasteiger charge is -2.24. The van der Waals surface area contributed by atoms with Crippen LogP contribution in [0.4, 0.5) is 19.1 Å². The molecule has 120 valence electrons. The van der Waals surface area contributed by atoms with Gasteiger partial charge in [0, 0.05) is 17.3 Å². The van der Waals surface area contributed by atoms with Crippen LogP contribution < -0.4 is 5.32 Å². The van der Waals surface area contributed by atoms with Gasteiger partial charge in [-0.2, -0.15) is 10.1 Å². The van der Waals surface area contributed by atoms with Crippen molar-refractivity contribution < 1.29 is 13.2 Å². The van der Waals surface area contributed by atoms with E-state index in [4.69, 9.17) is 0 Å². The Bertz CT molecular complexity index is 931. The highest BCUT2D eigenvalue weighted by Gasteiger charge is 2.24. The van der Waals surface area contributed by atoms with Gasteiger partial charge in [-0.05, 0) is 35.9 Å². The Labute approximate surface area is 135 Å². The molecule has 2 heterocycles. The Morgan fingerprint density at radius 1 is 0.958 bits per heavy atom. The summed E-state index contributed by atoms with van der Waals surface area (Å²) in [7, 11) is 0. The second-order valence-corrected chi connectivity index (χ2v) is 5.35. The fourth-order valence-corrected chi connectivity index (χ4v) is 2.70. The molecule has 0 fully saturated rings. The molecule has 0 saturated carbocycles. The van der Waals surface area contributed by atoms with Gasteiger partial charge in [-0.3, -0.25) is 0 Å². The Morgan fingerprint density at radius 2 is 1.71 bits per heavy atom. The molecule has 1 aromatic heterocycles. The molecular weight excluding hydrogens is 317 g/mol. The number of hydrogen-bond acceptors (Lipinski definition) is 3. The quantitative estimate of drug-likeness (QED) is 0.779. The first-order valence-corrected chi connectivity index (χ1v) is 7.21. The van der Waals surface area contributed by atoms with Crippen molar-refractivity contribution in [2.75, 3.05) is 5.32 Å². The number of nitrogens with zero attached hydrogens (tertiary/aromatic N) is 3. The van der Waals surface area contributed by atoms with Crippen molar-refractivity contribution in [1.82, 2.24) is 14.8 Å². The molecule has 0 amide bonds. The normalized spacial score (nSPS) is 16.3. The van der Waals surface area contributed by atoms with Crippen molar-refractivity contribution in [3.8, 4) is 0 Å². The highest BCUT2D eigenvalue weighted by Crippen LogP contribution is 2.32. The van der Waals surface area contributed by atoms with Crippen LogP contribution in [0.15, 0.2) is 54.9 Å². The maximum Gasteiger partial charge on any atom is 0.226 e. The Hall–Kier alpha value is -3.09. The average molecular weight is 328 g/mol. The summed E-state index contributed by atoms with van der Waals surface area (Å²) in [6.07, 6.45) is 3.11. The minimum Gasteiger partial charge on any atom is -0.324 e. The number of aromatic nitrogens is 3. The molecular formula is C17H11F3N4. The molecule has 1 N–H and O–H groups in total. The SMILES string of the molecule is Fc1ccc([C@H]2C=C(c3ccc(F)cc3F)Nc3ncnn32)cc1. The Balaban J connectivity index is 1.82. The molecule has 0 bridgehead atoms. The van der Waals surface area contributed by atoms with Gasteiger partial charge in [-0.25, -0.2) is 17.9 Å². The monoisotopic (exact) mass is 328 g/mol. The van der Waals surface area contributed by atoms with E-state index in [0.29, 0.717) is 11.6 Å². The second-order valence-electron chi connectivity index (χ2n) is 5.35. The van der Waals surface area contributed by atoms with Gasteiger partial charge in [0.2, 0.25) is 5.95 Å². The van der Waals surface area contributed by atoms with Crippen molar-refractivity contribution in [2.45, 2.75) is 6.04 Å². The van der Waals surface area contributed by atoms with Crippen molar-refractivity contribution in [2.24, 2.45) is 0 Å². The minimum absolute atomic E-state index is 0.220.